The molecule has 1 aromatic rings. The van der Waals surface area contributed by atoms with Crippen molar-refractivity contribution in [2.24, 2.45) is 0 Å². The number of nitrogens with zero attached hydrogens (tertiary/aromatic N) is 5. The number of aromatic nitrogens is 1. The zero-order valence-electron chi connectivity index (χ0n) is 10.2. The van der Waals surface area contributed by atoms with Crippen LogP contribution < -0.4 is 0 Å². The Hall–Kier alpha value is -0.530. The Morgan fingerprint density at radius 2 is 1.76 bits per heavy atom. The van der Waals surface area contributed by atoms with Gasteiger partial charge in [-0.15, -0.1) is 11.3 Å². The third-order valence-corrected chi connectivity index (χ3v) is 4.76. The van der Waals surface area contributed by atoms with Crippen LogP contribution in [-0.4, -0.2) is 64.2 Å². The van der Waals surface area contributed by atoms with Gasteiger partial charge in [-0.2, -0.15) is 0 Å². The van der Waals surface area contributed by atoms with Crippen LogP contribution in [0.25, 0.3) is 0 Å². The van der Waals surface area contributed by atoms with Crippen molar-refractivity contribution in [3.8, 4) is 0 Å². The van der Waals surface area contributed by atoms with Crippen molar-refractivity contribution in [3.05, 3.63) is 16.1 Å². The second-order valence-electron chi connectivity index (χ2n) is 5.71. The lowest BCUT2D eigenvalue weighted by molar-refractivity contribution is -0.991. The van der Waals surface area contributed by atoms with Crippen molar-refractivity contribution in [2.45, 2.75) is 13.5 Å². The quantitative estimate of drug-likeness (QED) is 0.713. The molecule has 0 atom stereocenters. The Kier molecular flexibility index (Phi) is 2.13. The number of rotatable bonds is 2. The lowest BCUT2D eigenvalue weighted by atomic mass is 10.3. The molecule has 0 N–H and O–H groups in total. The molecule has 5 rings (SSSR count). The van der Waals surface area contributed by atoms with E-state index < -0.39 is 0 Å². The molecule has 92 valence electrons. The van der Waals surface area contributed by atoms with E-state index in [2.05, 4.69) is 32.8 Å². The summed E-state index contributed by atoms with van der Waals surface area (Å²) in [5.41, 5.74) is 0. The number of hydrogen-bond acceptors (Lipinski definition) is 5. The van der Waals surface area contributed by atoms with E-state index in [-0.39, 0.29) is 0 Å². The molecule has 4 aliphatic rings. The lowest BCUT2D eigenvalue weighted by Gasteiger charge is -2.60. The van der Waals surface area contributed by atoms with Gasteiger partial charge in [0.05, 0.1) is 29.9 Å². The van der Waals surface area contributed by atoms with Gasteiger partial charge in [0.1, 0.15) is 26.6 Å². The van der Waals surface area contributed by atoms with Crippen LogP contribution in [-0.2, 0) is 6.54 Å². The fourth-order valence-corrected chi connectivity index (χ4v) is 4.55. The van der Waals surface area contributed by atoms with Crippen molar-refractivity contribution < 1.29 is 4.48 Å². The minimum atomic E-state index is 1.15. The number of hydrogen-bond donors (Lipinski definition) is 0. The normalized spacial score (nSPS) is 43.2. The molecule has 17 heavy (non-hydrogen) atoms. The third-order valence-electron chi connectivity index (χ3n) is 3.86. The van der Waals surface area contributed by atoms with Crippen LogP contribution >= 0.6 is 11.3 Å². The van der Waals surface area contributed by atoms with Crippen LogP contribution in [0.1, 0.15) is 9.88 Å². The minimum Gasteiger partial charge on any atom is -0.281 e. The van der Waals surface area contributed by atoms with E-state index >= 15 is 0 Å². The molecule has 0 spiro atoms. The monoisotopic (exact) mass is 252 g/mol. The van der Waals surface area contributed by atoms with E-state index in [9.17, 15) is 0 Å². The van der Waals surface area contributed by atoms with E-state index in [1.165, 1.54) is 34.4 Å². The van der Waals surface area contributed by atoms with Crippen molar-refractivity contribution >= 4 is 11.3 Å². The zero-order chi connectivity index (χ0) is 11.5. The van der Waals surface area contributed by atoms with Gasteiger partial charge >= 0.3 is 0 Å². The Morgan fingerprint density at radius 1 is 1.18 bits per heavy atom. The third kappa shape index (κ3) is 1.71. The average molecular weight is 252 g/mol. The SMILES string of the molecule is Cc1ncc(C[N+]23CN4CN(CN(C4)C2)C3)s1. The van der Waals surface area contributed by atoms with Crippen LogP contribution in [0.5, 0.6) is 0 Å². The molecule has 5 heterocycles. The fourth-order valence-electron chi connectivity index (χ4n) is 3.62. The van der Waals surface area contributed by atoms with Crippen molar-refractivity contribution in [1.29, 1.82) is 0 Å². The molecule has 4 bridgehead atoms. The summed E-state index contributed by atoms with van der Waals surface area (Å²) in [6, 6.07) is 0. The number of aryl methyl sites for hydroxylation is 1. The summed E-state index contributed by atoms with van der Waals surface area (Å²) in [6.45, 7) is 10.4. The summed E-state index contributed by atoms with van der Waals surface area (Å²) in [7, 11) is 0. The maximum atomic E-state index is 4.38. The van der Waals surface area contributed by atoms with Gasteiger partial charge < -0.3 is 0 Å². The molecule has 4 aliphatic heterocycles. The second-order valence-corrected chi connectivity index (χ2v) is 7.03. The first-order valence-corrected chi connectivity index (χ1v) is 6.96. The maximum absolute atomic E-state index is 4.38. The van der Waals surface area contributed by atoms with Gasteiger partial charge in [0.25, 0.3) is 0 Å². The Balaban J connectivity index is 1.60. The second kappa shape index (κ2) is 3.49. The van der Waals surface area contributed by atoms with Gasteiger partial charge in [-0.1, -0.05) is 0 Å². The first-order chi connectivity index (χ1) is 8.21. The molecular weight excluding hydrogens is 234 g/mol. The highest BCUT2D eigenvalue weighted by Gasteiger charge is 2.48. The van der Waals surface area contributed by atoms with Crippen molar-refractivity contribution in [3.63, 3.8) is 0 Å². The molecule has 4 fully saturated rings. The number of thiazole rings is 1. The fraction of sp³-hybridized carbons (Fsp3) is 0.727. The molecule has 0 amide bonds. The summed E-state index contributed by atoms with van der Waals surface area (Å²) < 4.78 is 1.18. The Bertz CT molecular complexity index is 408. The highest BCUT2D eigenvalue weighted by atomic mass is 32.1. The summed E-state index contributed by atoms with van der Waals surface area (Å²) in [5, 5.41) is 1.19. The molecule has 0 saturated carbocycles. The number of quaternary nitrogens is 1. The Morgan fingerprint density at radius 3 is 2.24 bits per heavy atom. The molecule has 5 nitrogen and oxygen atoms in total. The molecule has 0 radical (unpaired) electrons. The predicted octanol–water partition coefficient (Wildman–Crippen LogP) is 0.460. The van der Waals surface area contributed by atoms with Gasteiger partial charge in [0, 0.05) is 6.20 Å². The first-order valence-electron chi connectivity index (χ1n) is 6.14. The first kappa shape index (κ1) is 10.4. The summed E-state index contributed by atoms with van der Waals surface area (Å²) >= 11 is 1.85. The molecule has 1 aromatic heterocycles. The standard InChI is InChI=1S/C11H18N5S/c1-10-12-2-11(17-10)3-16-7-13-4-14(8-16)6-15(5-13)9-16/h2H,3-9H2,1H3/q+1. The lowest BCUT2D eigenvalue weighted by Crippen LogP contribution is -2.78. The van der Waals surface area contributed by atoms with Crippen LogP contribution in [0.15, 0.2) is 6.20 Å². The van der Waals surface area contributed by atoms with E-state index in [0.29, 0.717) is 0 Å². The highest BCUT2D eigenvalue weighted by Crippen LogP contribution is 2.31. The van der Waals surface area contributed by atoms with E-state index in [1.54, 1.807) is 0 Å². The molecular formula is C11H18N5S+. The zero-order valence-corrected chi connectivity index (χ0v) is 11.0. The van der Waals surface area contributed by atoms with Gasteiger partial charge in [0.2, 0.25) is 0 Å². The molecule has 6 heteroatoms. The van der Waals surface area contributed by atoms with Gasteiger partial charge in [-0.25, -0.2) is 19.7 Å². The Labute approximate surface area is 105 Å². The molecule has 4 saturated heterocycles. The minimum absolute atomic E-state index is 1.15. The summed E-state index contributed by atoms with van der Waals surface area (Å²) in [6.07, 6.45) is 2.07. The van der Waals surface area contributed by atoms with Gasteiger partial charge in [0.15, 0.2) is 0 Å². The predicted molar refractivity (Wildman–Crippen MR) is 65.5 cm³/mol. The van der Waals surface area contributed by atoms with Crippen LogP contribution in [0.4, 0.5) is 0 Å². The van der Waals surface area contributed by atoms with Gasteiger partial charge in [-0.05, 0) is 6.92 Å². The summed E-state index contributed by atoms with van der Waals surface area (Å²) in [5.74, 6) is 0. The molecule has 0 aromatic carbocycles. The van der Waals surface area contributed by atoms with E-state index in [4.69, 9.17) is 0 Å². The maximum Gasteiger partial charge on any atom is 0.139 e. The van der Waals surface area contributed by atoms with Crippen LogP contribution in [0, 0.1) is 6.92 Å². The highest BCUT2D eigenvalue weighted by molar-refractivity contribution is 7.11. The smallest absolute Gasteiger partial charge is 0.139 e. The van der Waals surface area contributed by atoms with Gasteiger partial charge in [-0.3, -0.25) is 4.48 Å². The van der Waals surface area contributed by atoms with E-state index in [1.807, 2.05) is 11.3 Å². The van der Waals surface area contributed by atoms with E-state index in [0.717, 1.165) is 26.6 Å². The van der Waals surface area contributed by atoms with Crippen LogP contribution in [0.2, 0.25) is 0 Å². The largest absolute Gasteiger partial charge is 0.281 e. The summed E-state index contributed by atoms with van der Waals surface area (Å²) in [4.78, 5) is 13.5. The van der Waals surface area contributed by atoms with Crippen molar-refractivity contribution in [1.82, 2.24) is 19.7 Å². The molecule has 0 aliphatic carbocycles. The average Bonchev–Trinajstić information content (AvgIpc) is 2.60. The topological polar surface area (TPSA) is 22.6 Å². The van der Waals surface area contributed by atoms with Crippen LogP contribution in [0.3, 0.4) is 0 Å². The molecule has 0 unspecified atom stereocenters. The van der Waals surface area contributed by atoms with Crippen molar-refractivity contribution in [2.75, 3.05) is 40.0 Å².